The SMILES string of the molecule is CC(=O)N(CCC(=O)O)c1ccc2c(c1)CCC(NS(=O)(=O)c1ccc(C)cc1)C2. The Morgan fingerprint density at radius 2 is 1.83 bits per heavy atom. The predicted octanol–water partition coefficient (Wildman–Crippen LogP) is 2.66. The summed E-state index contributed by atoms with van der Waals surface area (Å²) in [4.78, 5) is 24.5. The molecular formula is C22H26N2O5S. The number of nitrogens with zero attached hydrogens (tertiary/aromatic N) is 1. The van der Waals surface area contributed by atoms with Crippen molar-refractivity contribution in [3.05, 3.63) is 59.2 Å². The normalized spacial score (nSPS) is 16.0. The molecule has 8 heteroatoms. The smallest absolute Gasteiger partial charge is 0.305 e. The van der Waals surface area contributed by atoms with Gasteiger partial charge in [0.1, 0.15) is 0 Å². The van der Waals surface area contributed by atoms with E-state index >= 15 is 0 Å². The highest BCUT2D eigenvalue weighted by Gasteiger charge is 2.25. The third-order valence-corrected chi connectivity index (χ3v) is 6.85. The fourth-order valence-electron chi connectivity index (χ4n) is 3.69. The van der Waals surface area contributed by atoms with Gasteiger partial charge >= 0.3 is 5.97 Å². The summed E-state index contributed by atoms with van der Waals surface area (Å²) in [6, 6.07) is 12.2. The van der Waals surface area contributed by atoms with Crippen LogP contribution >= 0.6 is 0 Å². The van der Waals surface area contributed by atoms with Crippen molar-refractivity contribution in [1.29, 1.82) is 0 Å². The largest absolute Gasteiger partial charge is 0.481 e. The molecule has 1 aliphatic rings. The van der Waals surface area contributed by atoms with E-state index in [0.29, 0.717) is 24.9 Å². The average molecular weight is 431 g/mol. The highest BCUT2D eigenvalue weighted by atomic mass is 32.2. The first-order valence-electron chi connectivity index (χ1n) is 9.86. The van der Waals surface area contributed by atoms with E-state index in [-0.39, 0.29) is 29.8 Å². The number of aliphatic carboxylic acids is 1. The van der Waals surface area contributed by atoms with Gasteiger partial charge in [-0.2, -0.15) is 0 Å². The Balaban J connectivity index is 1.73. The van der Waals surface area contributed by atoms with Crippen LogP contribution in [0, 0.1) is 6.92 Å². The molecule has 0 aliphatic heterocycles. The van der Waals surface area contributed by atoms with Crippen LogP contribution in [0.2, 0.25) is 0 Å². The van der Waals surface area contributed by atoms with Crippen molar-refractivity contribution < 1.29 is 23.1 Å². The van der Waals surface area contributed by atoms with Gasteiger partial charge in [0.15, 0.2) is 0 Å². The second-order valence-electron chi connectivity index (χ2n) is 7.64. The standard InChI is InChI=1S/C22H26N2O5S/c1-15-3-9-21(10-4-15)30(28,29)23-19-7-5-18-14-20(8-6-17(18)13-19)24(16(2)25)12-11-22(26)27/h3-4,6,8-10,14,19,23H,5,7,11-13H2,1-2H3,(H,26,27). The Bertz CT molecular complexity index is 1050. The van der Waals surface area contributed by atoms with Gasteiger partial charge in [-0.1, -0.05) is 23.8 Å². The molecule has 2 N–H and O–H groups in total. The second kappa shape index (κ2) is 8.97. The Morgan fingerprint density at radius 3 is 2.47 bits per heavy atom. The topological polar surface area (TPSA) is 104 Å². The number of carbonyl (C=O) groups excluding carboxylic acids is 1. The van der Waals surface area contributed by atoms with Crippen LogP contribution < -0.4 is 9.62 Å². The summed E-state index contributed by atoms with van der Waals surface area (Å²) in [7, 11) is -3.59. The van der Waals surface area contributed by atoms with Crippen molar-refractivity contribution in [3.8, 4) is 0 Å². The molecule has 3 rings (SSSR count). The summed E-state index contributed by atoms with van der Waals surface area (Å²) < 4.78 is 28.1. The fourth-order valence-corrected chi connectivity index (χ4v) is 4.96. The fraction of sp³-hybridized carbons (Fsp3) is 0.364. The summed E-state index contributed by atoms with van der Waals surface area (Å²) in [6.07, 6.45) is 1.76. The highest BCUT2D eigenvalue weighted by Crippen LogP contribution is 2.27. The van der Waals surface area contributed by atoms with Crippen molar-refractivity contribution >= 4 is 27.6 Å². The maximum absolute atomic E-state index is 12.7. The lowest BCUT2D eigenvalue weighted by molar-refractivity contribution is -0.136. The summed E-state index contributed by atoms with van der Waals surface area (Å²) in [5.74, 6) is -1.17. The zero-order chi connectivity index (χ0) is 21.9. The number of anilines is 1. The summed E-state index contributed by atoms with van der Waals surface area (Å²) in [5, 5.41) is 8.91. The minimum atomic E-state index is -3.59. The molecule has 1 amide bonds. The lowest BCUT2D eigenvalue weighted by atomic mass is 9.88. The molecular weight excluding hydrogens is 404 g/mol. The zero-order valence-corrected chi connectivity index (χ0v) is 17.9. The van der Waals surface area contributed by atoms with Gasteiger partial charge in [-0.05, 0) is 61.6 Å². The number of benzene rings is 2. The quantitative estimate of drug-likeness (QED) is 0.703. The molecule has 1 aliphatic carbocycles. The van der Waals surface area contributed by atoms with Gasteiger partial charge in [-0.15, -0.1) is 0 Å². The molecule has 0 spiro atoms. The molecule has 0 aromatic heterocycles. The zero-order valence-electron chi connectivity index (χ0n) is 17.1. The Hall–Kier alpha value is -2.71. The molecule has 1 unspecified atom stereocenters. The highest BCUT2D eigenvalue weighted by molar-refractivity contribution is 7.89. The number of hydrogen-bond acceptors (Lipinski definition) is 4. The van der Waals surface area contributed by atoms with Gasteiger partial charge in [0.25, 0.3) is 0 Å². The number of carboxylic acids is 1. The van der Waals surface area contributed by atoms with Crippen LogP contribution in [0.3, 0.4) is 0 Å². The average Bonchev–Trinajstić information content (AvgIpc) is 2.67. The summed E-state index contributed by atoms with van der Waals surface area (Å²) in [5.41, 5.74) is 3.75. The van der Waals surface area contributed by atoms with Crippen molar-refractivity contribution in [2.45, 2.75) is 50.5 Å². The van der Waals surface area contributed by atoms with Gasteiger partial charge in [0.05, 0.1) is 11.3 Å². The Morgan fingerprint density at radius 1 is 1.13 bits per heavy atom. The minimum Gasteiger partial charge on any atom is -0.481 e. The van der Waals surface area contributed by atoms with Crippen LogP contribution in [-0.2, 0) is 32.5 Å². The number of sulfonamides is 1. The lowest BCUT2D eigenvalue weighted by Crippen LogP contribution is -2.39. The molecule has 30 heavy (non-hydrogen) atoms. The number of fused-ring (bicyclic) bond motifs is 1. The van der Waals surface area contributed by atoms with Crippen molar-refractivity contribution in [3.63, 3.8) is 0 Å². The Kier molecular flexibility index (Phi) is 6.58. The number of rotatable bonds is 7. The third kappa shape index (κ3) is 5.25. The van der Waals surface area contributed by atoms with E-state index in [9.17, 15) is 18.0 Å². The summed E-state index contributed by atoms with van der Waals surface area (Å²) >= 11 is 0. The van der Waals surface area contributed by atoms with Gasteiger partial charge in [0.2, 0.25) is 15.9 Å². The van der Waals surface area contributed by atoms with Crippen LogP contribution in [0.15, 0.2) is 47.4 Å². The first-order chi connectivity index (χ1) is 14.2. The van der Waals surface area contributed by atoms with E-state index in [1.54, 1.807) is 30.3 Å². The second-order valence-corrected chi connectivity index (χ2v) is 9.36. The Labute approximate surface area is 176 Å². The van der Waals surface area contributed by atoms with E-state index < -0.39 is 16.0 Å². The molecule has 2 aromatic carbocycles. The molecule has 7 nitrogen and oxygen atoms in total. The van der Waals surface area contributed by atoms with Crippen molar-refractivity contribution in [2.75, 3.05) is 11.4 Å². The number of hydrogen-bond donors (Lipinski definition) is 2. The predicted molar refractivity (Wildman–Crippen MR) is 114 cm³/mol. The van der Waals surface area contributed by atoms with Gasteiger partial charge in [0, 0.05) is 25.2 Å². The molecule has 0 saturated carbocycles. The van der Waals surface area contributed by atoms with Crippen LogP contribution in [0.1, 0.15) is 36.5 Å². The van der Waals surface area contributed by atoms with E-state index in [1.165, 1.54) is 11.8 Å². The number of carboxylic acid groups (broad SMARTS) is 1. The molecule has 160 valence electrons. The van der Waals surface area contributed by atoms with Gasteiger partial charge in [-0.3, -0.25) is 9.59 Å². The van der Waals surface area contributed by atoms with Crippen molar-refractivity contribution in [1.82, 2.24) is 4.72 Å². The lowest BCUT2D eigenvalue weighted by Gasteiger charge is -2.28. The molecule has 1 atom stereocenters. The molecule has 0 fully saturated rings. The van der Waals surface area contributed by atoms with E-state index in [2.05, 4.69) is 4.72 Å². The number of amides is 1. The molecule has 0 saturated heterocycles. The number of nitrogens with one attached hydrogen (secondary N) is 1. The van der Waals surface area contributed by atoms with Crippen LogP contribution in [0.5, 0.6) is 0 Å². The first-order valence-corrected chi connectivity index (χ1v) is 11.3. The maximum atomic E-state index is 12.7. The van der Waals surface area contributed by atoms with Crippen LogP contribution in [-0.4, -0.2) is 38.0 Å². The monoisotopic (exact) mass is 430 g/mol. The third-order valence-electron chi connectivity index (χ3n) is 5.31. The molecule has 2 aromatic rings. The van der Waals surface area contributed by atoms with Crippen LogP contribution in [0.4, 0.5) is 5.69 Å². The van der Waals surface area contributed by atoms with Gasteiger partial charge in [-0.25, -0.2) is 13.1 Å². The molecule has 0 heterocycles. The maximum Gasteiger partial charge on any atom is 0.305 e. The number of carbonyl (C=O) groups is 2. The van der Waals surface area contributed by atoms with E-state index in [4.69, 9.17) is 5.11 Å². The van der Waals surface area contributed by atoms with E-state index in [1.807, 2.05) is 19.1 Å². The summed E-state index contributed by atoms with van der Waals surface area (Å²) in [6.45, 7) is 3.44. The molecule has 0 bridgehead atoms. The van der Waals surface area contributed by atoms with Crippen molar-refractivity contribution in [2.24, 2.45) is 0 Å². The van der Waals surface area contributed by atoms with Gasteiger partial charge < -0.3 is 10.0 Å². The van der Waals surface area contributed by atoms with E-state index in [0.717, 1.165) is 16.7 Å². The number of aryl methyl sites for hydroxylation is 2. The first kappa shape index (κ1) is 22.0. The minimum absolute atomic E-state index is 0.114. The molecule has 0 radical (unpaired) electrons. The van der Waals surface area contributed by atoms with Crippen LogP contribution in [0.25, 0.3) is 0 Å².